The number of ether oxygens (including phenoxy) is 3. The number of hydrogen-bond donors (Lipinski definition) is 0. The van der Waals surface area contributed by atoms with E-state index in [1.54, 1.807) is 7.11 Å². The summed E-state index contributed by atoms with van der Waals surface area (Å²) in [7, 11) is 4.54. The van der Waals surface area contributed by atoms with E-state index in [4.69, 9.17) is 14.2 Å². The van der Waals surface area contributed by atoms with Crippen molar-refractivity contribution in [3.63, 3.8) is 0 Å². The average molecular weight is 449 g/mol. The zero-order valence-electron chi connectivity index (χ0n) is 19.3. The van der Waals surface area contributed by atoms with Crippen molar-refractivity contribution < 1.29 is 14.2 Å². The van der Waals surface area contributed by atoms with Crippen molar-refractivity contribution >= 4 is 21.5 Å². The minimum atomic E-state index is -0.365. The van der Waals surface area contributed by atoms with Gasteiger partial charge in [-0.2, -0.15) is 0 Å². The van der Waals surface area contributed by atoms with E-state index in [9.17, 15) is 4.79 Å². The second-order valence-electron chi connectivity index (χ2n) is 7.95. The summed E-state index contributed by atoms with van der Waals surface area (Å²) in [6.45, 7) is 0. The van der Waals surface area contributed by atoms with Gasteiger partial charge in [-0.1, -0.05) is 84.9 Å². The van der Waals surface area contributed by atoms with Crippen LogP contribution in [0.1, 0.15) is 0 Å². The summed E-state index contributed by atoms with van der Waals surface area (Å²) in [6, 6.07) is 30.4. The quantitative estimate of drug-likeness (QED) is 0.300. The Labute approximate surface area is 198 Å². The first kappa shape index (κ1) is 21.5. The van der Waals surface area contributed by atoms with Crippen molar-refractivity contribution in [1.82, 2.24) is 0 Å². The van der Waals surface area contributed by atoms with Crippen LogP contribution in [0.4, 0.5) is 0 Å². The van der Waals surface area contributed by atoms with Gasteiger partial charge >= 0.3 is 0 Å². The lowest BCUT2D eigenvalue weighted by Crippen LogP contribution is -2.08. The molecule has 0 aliphatic rings. The average Bonchev–Trinajstić information content (AvgIpc) is 3.01. The minimum absolute atomic E-state index is 0.105. The van der Waals surface area contributed by atoms with Crippen molar-refractivity contribution in [1.29, 1.82) is 0 Å². The third kappa shape index (κ3) is 3.44. The van der Waals surface area contributed by atoms with Gasteiger partial charge in [-0.05, 0) is 38.7 Å². The normalized spacial score (nSPS) is 10.9. The van der Waals surface area contributed by atoms with Gasteiger partial charge in [0.1, 0.15) is 0 Å². The van der Waals surface area contributed by atoms with Crippen LogP contribution in [0.2, 0.25) is 0 Å². The molecule has 0 bridgehead atoms. The minimum Gasteiger partial charge on any atom is -0.492 e. The Hall–Kier alpha value is -4.31. The van der Waals surface area contributed by atoms with E-state index >= 15 is 0 Å². The molecule has 0 spiro atoms. The summed E-state index contributed by atoms with van der Waals surface area (Å²) in [5.74, 6) is 0.681. The van der Waals surface area contributed by atoms with Crippen LogP contribution in [-0.2, 0) is 0 Å². The fourth-order valence-corrected chi connectivity index (χ4v) is 4.64. The molecule has 0 atom stereocenters. The van der Waals surface area contributed by atoms with Gasteiger partial charge < -0.3 is 14.2 Å². The van der Waals surface area contributed by atoms with Gasteiger partial charge in [-0.3, -0.25) is 4.79 Å². The highest BCUT2D eigenvalue weighted by Crippen LogP contribution is 2.44. The second-order valence-corrected chi connectivity index (χ2v) is 7.95. The Balaban J connectivity index is 1.99. The first-order valence-electron chi connectivity index (χ1n) is 11.0. The molecule has 0 radical (unpaired) electrons. The van der Waals surface area contributed by atoms with Gasteiger partial charge in [0.15, 0.2) is 11.5 Å². The van der Waals surface area contributed by atoms with Gasteiger partial charge in [0.25, 0.3) is 5.43 Å². The van der Waals surface area contributed by atoms with E-state index in [1.165, 1.54) is 14.2 Å². The molecule has 0 aromatic heterocycles. The molecule has 0 fully saturated rings. The Morgan fingerprint density at radius 1 is 0.471 bits per heavy atom. The lowest BCUT2D eigenvalue weighted by Gasteiger charge is -2.12. The molecule has 4 nitrogen and oxygen atoms in total. The van der Waals surface area contributed by atoms with Crippen molar-refractivity contribution in [3.8, 4) is 39.5 Å². The van der Waals surface area contributed by atoms with Crippen LogP contribution in [-0.4, -0.2) is 21.3 Å². The molecule has 168 valence electrons. The molecule has 0 N–H and O–H groups in total. The number of benzene rings is 4. The maximum absolute atomic E-state index is 13.7. The van der Waals surface area contributed by atoms with Gasteiger partial charge in [0.2, 0.25) is 5.75 Å². The second kappa shape index (κ2) is 8.91. The number of rotatable bonds is 5. The Kier molecular flexibility index (Phi) is 5.64. The van der Waals surface area contributed by atoms with Crippen LogP contribution in [0.3, 0.4) is 0 Å². The van der Waals surface area contributed by atoms with Gasteiger partial charge in [0, 0.05) is 11.1 Å². The van der Waals surface area contributed by atoms with Crippen LogP contribution >= 0.6 is 0 Å². The largest absolute Gasteiger partial charge is 0.492 e. The Morgan fingerprint density at radius 2 is 0.912 bits per heavy atom. The molecule has 0 heterocycles. The van der Waals surface area contributed by atoms with Crippen LogP contribution in [0.25, 0.3) is 43.8 Å². The molecule has 34 heavy (non-hydrogen) atoms. The first-order valence-corrected chi connectivity index (χ1v) is 11.0. The number of hydrogen-bond acceptors (Lipinski definition) is 4. The molecule has 0 saturated carbocycles. The molecule has 5 aromatic carbocycles. The van der Waals surface area contributed by atoms with E-state index in [0.29, 0.717) is 11.3 Å². The van der Waals surface area contributed by atoms with Crippen molar-refractivity contribution in [3.05, 3.63) is 101 Å². The van der Waals surface area contributed by atoms with Crippen LogP contribution in [0.15, 0.2) is 95.8 Å². The van der Waals surface area contributed by atoms with Gasteiger partial charge in [-0.15, -0.1) is 0 Å². The highest BCUT2D eigenvalue weighted by molar-refractivity contribution is 6.02. The van der Waals surface area contributed by atoms with E-state index < -0.39 is 0 Å². The van der Waals surface area contributed by atoms with E-state index in [0.717, 1.165) is 38.2 Å². The summed E-state index contributed by atoms with van der Waals surface area (Å²) in [5, 5.41) is 4.24. The van der Waals surface area contributed by atoms with Crippen LogP contribution in [0, 0.1) is 0 Å². The van der Waals surface area contributed by atoms with Crippen LogP contribution in [0.5, 0.6) is 17.2 Å². The summed E-state index contributed by atoms with van der Waals surface area (Å²) < 4.78 is 17.1. The maximum atomic E-state index is 13.7. The summed E-state index contributed by atoms with van der Waals surface area (Å²) in [6.07, 6.45) is 0. The summed E-state index contributed by atoms with van der Waals surface area (Å²) >= 11 is 0. The van der Waals surface area contributed by atoms with Gasteiger partial charge in [-0.25, -0.2) is 0 Å². The molecule has 0 saturated heterocycles. The third-order valence-electron chi connectivity index (χ3n) is 6.17. The fourth-order valence-electron chi connectivity index (χ4n) is 4.64. The molecule has 0 amide bonds. The highest BCUT2D eigenvalue weighted by Gasteiger charge is 2.23. The molecule has 5 aromatic rings. The molecule has 0 unspecified atom stereocenters. The molecule has 4 heteroatoms. The predicted molar refractivity (Wildman–Crippen MR) is 138 cm³/mol. The number of methoxy groups -OCH3 is 3. The Morgan fingerprint density at radius 3 is 1.41 bits per heavy atom. The topological polar surface area (TPSA) is 44.8 Å². The molecule has 0 aliphatic carbocycles. The summed E-state index contributed by atoms with van der Waals surface area (Å²) in [4.78, 5) is 13.7. The standard InChI is InChI=1S/C30H24O4/c1-32-28-25(23-16-8-12-19-10-4-6-14-21(19)23)18-26(29(33-2)30(34-3)27(28)31)24-17-9-13-20-11-5-7-15-22(20)24/h4-18H,1-3H3. The van der Waals surface area contributed by atoms with Crippen molar-refractivity contribution in [2.75, 3.05) is 21.3 Å². The van der Waals surface area contributed by atoms with Crippen molar-refractivity contribution in [2.45, 2.75) is 0 Å². The highest BCUT2D eigenvalue weighted by atomic mass is 16.5. The maximum Gasteiger partial charge on any atom is 0.266 e. The van der Waals surface area contributed by atoms with E-state index in [1.807, 2.05) is 60.7 Å². The first-order chi connectivity index (χ1) is 16.7. The lowest BCUT2D eigenvalue weighted by molar-refractivity contribution is 0.350. The third-order valence-corrected chi connectivity index (χ3v) is 6.17. The van der Waals surface area contributed by atoms with E-state index in [2.05, 4.69) is 30.3 Å². The van der Waals surface area contributed by atoms with Gasteiger partial charge in [0.05, 0.1) is 21.3 Å². The predicted octanol–water partition coefficient (Wildman–Crippen LogP) is 6.71. The molecule has 5 rings (SSSR count). The van der Waals surface area contributed by atoms with Crippen molar-refractivity contribution in [2.24, 2.45) is 0 Å². The fraction of sp³-hybridized carbons (Fsp3) is 0.100. The Bertz CT molecular complexity index is 1580. The monoisotopic (exact) mass is 448 g/mol. The summed E-state index contributed by atoms with van der Waals surface area (Å²) in [5.41, 5.74) is 2.89. The van der Waals surface area contributed by atoms with Crippen LogP contribution < -0.4 is 19.6 Å². The zero-order chi connectivity index (χ0) is 23.7. The lowest BCUT2D eigenvalue weighted by atomic mass is 9.95. The molecular weight excluding hydrogens is 424 g/mol. The zero-order valence-corrected chi connectivity index (χ0v) is 19.3. The smallest absolute Gasteiger partial charge is 0.266 e. The van der Waals surface area contributed by atoms with E-state index in [-0.39, 0.29) is 16.9 Å². The number of fused-ring (bicyclic) bond motifs is 2. The SMILES string of the molecule is COc1c(-c2cccc3ccccc23)cc(-c2cccc3ccccc23)c(OC)c(=O)c1OC. The molecular formula is C30H24O4. The molecule has 0 aliphatic heterocycles.